The molecule has 0 fully saturated rings. The number of aliphatic imine (C=N–C) groups is 2. The van der Waals surface area contributed by atoms with E-state index in [1.54, 1.807) is 22.4 Å². The highest BCUT2D eigenvalue weighted by molar-refractivity contribution is 6.16. The van der Waals surface area contributed by atoms with E-state index in [1.807, 2.05) is 14.1 Å². The molecule has 0 amide bonds. The van der Waals surface area contributed by atoms with Crippen LogP contribution in [-0.4, -0.2) is 74.6 Å². The van der Waals surface area contributed by atoms with Gasteiger partial charge in [0.15, 0.2) is 0 Å². The quantitative estimate of drug-likeness (QED) is 0.540. The van der Waals surface area contributed by atoms with Gasteiger partial charge in [-0.1, -0.05) is 0 Å². The highest BCUT2D eigenvalue weighted by Gasteiger charge is 2.08. The van der Waals surface area contributed by atoms with Crippen LogP contribution in [0.2, 0.25) is 0 Å². The van der Waals surface area contributed by atoms with Crippen LogP contribution < -0.4 is 10.6 Å². The van der Waals surface area contributed by atoms with Gasteiger partial charge in [0.1, 0.15) is 0 Å². The molecule has 0 bridgehead atoms. The summed E-state index contributed by atoms with van der Waals surface area (Å²) >= 11 is 0. The summed E-state index contributed by atoms with van der Waals surface area (Å²) in [6.45, 7) is 3.59. The summed E-state index contributed by atoms with van der Waals surface area (Å²) in [5.41, 5.74) is 0. The van der Waals surface area contributed by atoms with Crippen molar-refractivity contribution in [2.75, 3.05) is 40.3 Å². The van der Waals surface area contributed by atoms with Gasteiger partial charge in [-0.25, -0.2) is 10.0 Å². The number of nitrogens with zero attached hydrogens (tertiary/aromatic N) is 6. The van der Waals surface area contributed by atoms with E-state index in [1.165, 1.54) is 0 Å². The molecule has 0 saturated carbocycles. The highest BCUT2D eigenvalue weighted by atomic mass is 15.5. The SMILES string of the molecule is CN(/N=C/C=N/N(C)C1=NCCCN1)C1=NCCCN1. The topological polar surface area (TPSA) is 80.0 Å². The Labute approximate surface area is 119 Å². The van der Waals surface area contributed by atoms with Crippen molar-refractivity contribution in [2.24, 2.45) is 20.2 Å². The Bertz CT molecular complexity index is 385. The molecule has 110 valence electrons. The van der Waals surface area contributed by atoms with Crippen LogP contribution in [0.3, 0.4) is 0 Å². The first-order valence-electron chi connectivity index (χ1n) is 6.88. The second-order valence-corrected chi connectivity index (χ2v) is 4.55. The molecule has 2 rings (SSSR count). The van der Waals surface area contributed by atoms with Crippen molar-refractivity contribution < 1.29 is 0 Å². The molecule has 0 aromatic rings. The lowest BCUT2D eigenvalue weighted by atomic mass is 10.4. The first-order chi connectivity index (χ1) is 9.77. The molecule has 20 heavy (non-hydrogen) atoms. The predicted molar refractivity (Wildman–Crippen MR) is 82.4 cm³/mol. The van der Waals surface area contributed by atoms with Crippen LogP contribution >= 0.6 is 0 Å². The highest BCUT2D eigenvalue weighted by Crippen LogP contribution is 1.95. The van der Waals surface area contributed by atoms with Crippen molar-refractivity contribution in [3.63, 3.8) is 0 Å². The van der Waals surface area contributed by atoms with Gasteiger partial charge < -0.3 is 10.6 Å². The number of hydrazone groups is 2. The maximum atomic E-state index is 4.35. The zero-order chi connectivity index (χ0) is 14.2. The average molecular weight is 278 g/mol. The van der Waals surface area contributed by atoms with Crippen LogP contribution in [0.15, 0.2) is 20.2 Å². The van der Waals surface area contributed by atoms with Crippen molar-refractivity contribution in [2.45, 2.75) is 12.8 Å². The third kappa shape index (κ3) is 4.22. The average Bonchev–Trinajstić information content (AvgIpc) is 2.53. The molecule has 0 atom stereocenters. The smallest absolute Gasteiger partial charge is 0.214 e. The first kappa shape index (κ1) is 14.3. The van der Waals surface area contributed by atoms with Gasteiger partial charge in [0.25, 0.3) is 0 Å². The van der Waals surface area contributed by atoms with Crippen molar-refractivity contribution in [1.29, 1.82) is 0 Å². The van der Waals surface area contributed by atoms with Crippen LogP contribution in [0.5, 0.6) is 0 Å². The Balaban J connectivity index is 1.81. The lowest BCUT2D eigenvalue weighted by molar-refractivity contribution is 0.499. The summed E-state index contributed by atoms with van der Waals surface area (Å²) in [5.74, 6) is 1.60. The first-order valence-corrected chi connectivity index (χ1v) is 6.88. The monoisotopic (exact) mass is 278 g/mol. The Hall–Kier alpha value is -2.12. The van der Waals surface area contributed by atoms with Gasteiger partial charge in [0.05, 0.1) is 12.4 Å². The fourth-order valence-electron chi connectivity index (χ4n) is 1.84. The van der Waals surface area contributed by atoms with E-state index in [9.17, 15) is 0 Å². The second-order valence-electron chi connectivity index (χ2n) is 4.55. The number of nitrogens with one attached hydrogen (secondary N) is 2. The number of hydrogen-bond acceptors (Lipinski definition) is 8. The summed E-state index contributed by atoms with van der Waals surface area (Å²) < 4.78 is 0. The van der Waals surface area contributed by atoms with E-state index >= 15 is 0 Å². The third-order valence-electron chi connectivity index (χ3n) is 2.92. The van der Waals surface area contributed by atoms with E-state index in [2.05, 4.69) is 30.8 Å². The standard InChI is InChI=1S/C12H22N8/c1-19(11-13-5-3-6-14-11)17-9-10-18-20(2)12-15-7-4-8-16-12/h9-10H,3-8H2,1-2H3,(H,13,14)(H,15,16)/b17-9+,18-10+. The zero-order valence-electron chi connectivity index (χ0n) is 12.1. The molecular formula is C12H22N8. The maximum Gasteiger partial charge on any atom is 0.214 e. The van der Waals surface area contributed by atoms with Gasteiger partial charge in [-0.3, -0.25) is 9.98 Å². The molecule has 2 N–H and O–H groups in total. The van der Waals surface area contributed by atoms with Crippen molar-refractivity contribution >= 4 is 24.3 Å². The Morgan fingerprint density at radius 2 is 1.35 bits per heavy atom. The molecule has 0 aliphatic carbocycles. The van der Waals surface area contributed by atoms with E-state index in [0.717, 1.165) is 50.9 Å². The van der Waals surface area contributed by atoms with Crippen LogP contribution in [0.1, 0.15) is 12.8 Å². The summed E-state index contributed by atoms with van der Waals surface area (Å²) in [4.78, 5) is 8.70. The molecule has 0 spiro atoms. The fraction of sp³-hybridized carbons (Fsp3) is 0.667. The van der Waals surface area contributed by atoms with Crippen molar-refractivity contribution in [1.82, 2.24) is 20.7 Å². The minimum atomic E-state index is 0.799. The number of rotatable bonds is 3. The van der Waals surface area contributed by atoms with Crippen LogP contribution in [-0.2, 0) is 0 Å². The molecular weight excluding hydrogens is 256 g/mol. The van der Waals surface area contributed by atoms with Crippen LogP contribution in [0.4, 0.5) is 0 Å². The Morgan fingerprint density at radius 1 is 0.900 bits per heavy atom. The molecule has 8 nitrogen and oxygen atoms in total. The predicted octanol–water partition coefficient (Wildman–Crippen LogP) is -0.480. The second kappa shape index (κ2) is 7.46. The summed E-state index contributed by atoms with van der Waals surface area (Å²) in [6.07, 6.45) is 5.42. The molecule has 0 saturated heterocycles. The fourth-order valence-corrected chi connectivity index (χ4v) is 1.84. The number of hydrogen-bond donors (Lipinski definition) is 2. The molecule has 0 aromatic heterocycles. The molecule has 2 aliphatic rings. The summed E-state index contributed by atoms with van der Waals surface area (Å²) in [7, 11) is 3.72. The largest absolute Gasteiger partial charge is 0.355 e. The van der Waals surface area contributed by atoms with Gasteiger partial charge in [-0.05, 0) is 12.8 Å². The summed E-state index contributed by atoms with van der Waals surface area (Å²) in [5, 5.41) is 18.3. The maximum absolute atomic E-state index is 4.35. The van der Waals surface area contributed by atoms with Gasteiger partial charge >= 0.3 is 0 Å². The normalized spacial score (nSPS) is 19.3. The van der Waals surface area contributed by atoms with E-state index in [4.69, 9.17) is 0 Å². The third-order valence-corrected chi connectivity index (χ3v) is 2.92. The Morgan fingerprint density at radius 3 is 1.70 bits per heavy atom. The molecule has 2 heterocycles. The molecule has 0 radical (unpaired) electrons. The van der Waals surface area contributed by atoms with E-state index in [0.29, 0.717) is 0 Å². The number of guanidine groups is 2. The Kier molecular flexibility index (Phi) is 5.33. The molecule has 0 unspecified atom stereocenters. The minimum Gasteiger partial charge on any atom is -0.355 e. The van der Waals surface area contributed by atoms with Crippen molar-refractivity contribution in [3.8, 4) is 0 Å². The molecule has 0 aromatic carbocycles. The molecule has 8 heteroatoms. The molecule has 2 aliphatic heterocycles. The van der Waals surface area contributed by atoms with Gasteiger partial charge in [-0.2, -0.15) is 10.2 Å². The van der Waals surface area contributed by atoms with Crippen molar-refractivity contribution in [3.05, 3.63) is 0 Å². The lowest BCUT2D eigenvalue weighted by Crippen LogP contribution is -2.39. The van der Waals surface area contributed by atoms with Crippen LogP contribution in [0.25, 0.3) is 0 Å². The van der Waals surface area contributed by atoms with Gasteiger partial charge in [-0.15, -0.1) is 0 Å². The van der Waals surface area contributed by atoms with Gasteiger partial charge in [0, 0.05) is 40.3 Å². The van der Waals surface area contributed by atoms with E-state index < -0.39 is 0 Å². The summed E-state index contributed by atoms with van der Waals surface area (Å²) in [6, 6.07) is 0. The lowest BCUT2D eigenvalue weighted by Gasteiger charge is -2.20. The van der Waals surface area contributed by atoms with E-state index in [-0.39, 0.29) is 0 Å². The zero-order valence-corrected chi connectivity index (χ0v) is 12.1. The van der Waals surface area contributed by atoms with Crippen LogP contribution in [0, 0.1) is 0 Å². The van der Waals surface area contributed by atoms with Gasteiger partial charge in [0.2, 0.25) is 11.9 Å². The minimum absolute atomic E-state index is 0.799.